The highest BCUT2D eigenvalue weighted by Crippen LogP contribution is 2.23. The summed E-state index contributed by atoms with van der Waals surface area (Å²) in [4.78, 5) is 22.2. The third-order valence-electron chi connectivity index (χ3n) is 10.7. The van der Waals surface area contributed by atoms with Crippen LogP contribution in [0.25, 0.3) is 0 Å². The summed E-state index contributed by atoms with van der Waals surface area (Å²) in [5, 5.41) is 27.4. The summed E-state index contributed by atoms with van der Waals surface area (Å²) in [7, 11) is -12.7. The number of hydrogen-bond donors (Lipinski definition) is 2. The van der Waals surface area contributed by atoms with Gasteiger partial charge in [-0.1, -0.05) is 144 Å². The van der Waals surface area contributed by atoms with Gasteiger partial charge in [-0.2, -0.15) is 5.26 Å². The van der Waals surface area contributed by atoms with Gasteiger partial charge in [0, 0.05) is 10.0 Å². The Morgan fingerprint density at radius 1 is 0.430 bits per heavy atom. The lowest BCUT2D eigenvalue weighted by molar-refractivity contribution is 0.0686. The van der Waals surface area contributed by atoms with E-state index in [-0.39, 0.29) is 38.4 Å². The lowest BCUT2D eigenvalue weighted by Gasteiger charge is -2.03. The number of benzene rings is 6. The van der Waals surface area contributed by atoms with Crippen molar-refractivity contribution in [3.05, 3.63) is 188 Å². The maximum atomic E-state index is 11.7. The zero-order valence-electron chi connectivity index (χ0n) is 45.4. The minimum atomic E-state index is -3.28. The van der Waals surface area contributed by atoms with Gasteiger partial charge >= 0.3 is 11.9 Å². The summed E-state index contributed by atoms with van der Waals surface area (Å²) in [6.45, 7) is 11.6. The highest BCUT2D eigenvalue weighted by molar-refractivity contribution is 7.92. The molecule has 0 amide bonds. The van der Waals surface area contributed by atoms with E-state index in [2.05, 4.69) is 13.8 Å². The Balaban J connectivity index is 0.000000474. The molecular formula is C59H72Cl3NO12S4. The first kappa shape index (κ1) is 71.4. The maximum Gasteiger partial charge on any atom is 0.335 e. The molecule has 0 unspecified atom stereocenters. The van der Waals surface area contributed by atoms with Crippen LogP contribution in [0.4, 0.5) is 0 Å². The topological polar surface area (TPSA) is 235 Å². The minimum Gasteiger partial charge on any atom is -0.478 e. The summed E-state index contributed by atoms with van der Waals surface area (Å²) in [6, 6.07) is 41.5. The number of carbonyl (C=O) groups is 2. The van der Waals surface area contributed by atoms with Gasteiger partial charge in [0.25, 0.3) is 0 Å². The lowest BCUT2D eigenvalue weighted by Crippen LogP contribution is -2.07. The molecule has 430 valence electrons. The van der Waals surface area contributed by atoms with Crippen LogP contribution in [0, 0.1) is 11.3 Å². The fourth-order valence-corrected chi connectivity index (χ4v) is 13.3. The van der Waals surface area contributed by atoms with E-state index in [9.17, 15) is 43.3 Å². The number of unbranched alkanes of at least 4 members (excludes halogenated alkanes) is 2. The fraction of sp³-hybridized carbons (Fsp3) is 0.339. The second-order valence-electron chi connectivity index (χ2n) is 17.4. The average Bonchev–Trinajstić information content (AvgIpc) is 3.41. The van der Waals surface area contributed by atoms with Gasteiger partial charge in [-0.15, -0.1) is 0 Å². The molecule has 20 heteroatoms. The quantitative estimate of drug-likeness (QED) is 0.0724. The van der Waals surface area contributed by atoms with E-state index in [1.807, 2.05) is 45.0 Å². The minimum absolute atomic E-state index is 0.0890. The first-order chi connectivity index (χ1) is 37.3. The number of carboxylic acids is 2. The molecule has 13 nitrogen and oxygen atoms in total. The van der Waals surface area contributed by atoms with Gasteiger partial charge in [0.05, 0.1) is 64.3 Å². The maximum absolute atomic E-state index is 11.7. The van der Waals surface area contributed by atoms with E-state index in [1.165, 1.54) is 48.4 Å². The van der Waals surface area contributed by atoms with E-state index >= 15 is 0 Å². The fourth-order valence-electron chi connectivity index (χ4n) is 6.80. The normalized spacial score (nSPS) is 10.9. The Morgan fingerprint density at radius 2 is 0.886 bits per heavy atom. The molecule has 0 heterocycles. The van der Waals surface area contributed by atoms with E-state index in [0.717, 1.165) is 37.7 Å². The Morgan fingerprint density at radius 3 is 1.37 bits per heavy atom. The number of halogens is 3. The van der Waals surface area contributed by atoms with Gasteiger partial charge in [-0.3, -0.25) is 0 Å². The van der Waals surface area contributed by atoms with Crippen molar-refractivity contribution in [3.8, 4) is 6.07 Å². The molecule has 0 fully saturated rings. The second kappa shape index (κ2) is 37.4. The number of rotatable bonds is 20. The highest BCUT2D eigenvalue weighted by Gasteiger charge is 2.18. The monoisotopic (exact) mass is 1220 g/mol. The van der Waals surface area contributed by atoms with E-state index in [4.69, 9.17) is 50.3 Å². The van der Waals surface area contributed by atoms with Gasteiger partial charge in [-0.05, 0) is 153 Å². The second-order valence-corrected chi connectivity index (χ2v) is 27.1. The van der Waals surface area contributed by atoms with E-state index < -0.39 is 51.3 Å². The highest BCUT2D eigenvalue weighted by atomic mass is 35.5. The van der Waals surface area contributed by atoms with Crippen molar-refractivity contribution in [1.29, 1.82) is 5.26 Å². The summed E-state index contributed by atoms with van der Waals surface area (Å²) < 4.78 is 92.5. The van der Waals surface area contributed by atoms with Crippen molar-refractivity contribution in [2.45, 2.75) is 125 Å². The third kappa shape index (κ3) is 27.4. The van der Waals surface area contributed by atoms with Crippen molar-refractivity contribution in [3.63, 3.8) is 0 Å². The number of sulfone groups is 4. The van der Waals surface area contributed by atoms with Gasteiger partial charge in [-0.25, -0.2) is 43.3 Å². The van der Waals surface area contributed by atoms with Gasteiger partial charge in [0.1, 0.15) is 6.07 Å². The smallest absolute Gasteiger partial charge is 0.335 e. The number of aromatic carboxylic acids is 2. The molecular weight excluding hydrogens is 1150 g/mol. The summed E-state index contributed by atoms with van der Waals surface area (Å²) >= 11 is 17.1. The van der Waals surface area contributed by atoms with Crippen molar-refractivity contribution in [2.24, 2.45) is 0 Å². The molecule has 0 bridgehead atoms. The number of aryl methyl sites for hydroxylation is 2. The lowest BCUT2D eigenvalue weighted by atomic mass is 10.1. The SMILES string of the molecule is CCCCc1ccc(C(=O)O)cc1.CCCCc1cccc(C(=O)O)c1.CCCS(=O)(=O)c1ccc(Cl)cc1.CCCS(=O)(=O)c1cccc(Cl)c1.CCCS(=O)(=O)c1ccccc1C#N.CCCS(=O)(=O)c1ccccc1Cl. The van der Waals surface area contributed by atoms with Crippen molar-refractivity contribution >= 4 is 86.1 Å². The molecule has 0 aliphatic carbocycles. The predicted molar refractivity (Wildman–Crippen MR) is 319 cm³/mol. The molecule has 0 aromatic heterocycles. The van der Waals surface area contributed by atoms with Crippen LogP contribution in [-0.2, 0) is 52.2 Å². The molecule has 2 N–H and O–H groups in total. The molecule has 0 saturated carbocycles. The predicted octanol–water partition coefficient (Wildman–Crippen LogP) is 14.8. The largest absolute Gasteiger partial charge is 0.478 e. The average molecular weight is 1220 g/mol. The Hall–Kier alpha value is -5.58. The summed E-state index contributed by atoms with van der Waals surface area (Å²) in [6.07, 6.45) is 9.00. The van der Waals surface area contributed by atoms with Gasteiger partial charge in [0.2, 0.25) is 0 Å². The molecule has 79 heavy (non-hydrogen) atoms. The zero-order valence-corrected chi connectivity index (χ0v) is 51.0. The number of nitriles is 1. The van der Waals surface area contributed by atoms with Gasteiger partial charge in [0.15, 0.2) is 39.3 Å². The molecule has 0 atom stereocenters. The Bertz CT molecular complexity index is 3310. The van der Waals surface area contributed by atoms with Crippen LogP contribution in [0.1, 0.15) is 130 Å². The molecule has 0 aliphatic heterocycles. The van der Waals surface area contributed by atoms with E-state index in [0.29, 0.717) is 61.7 Å². The molecule has 0 radical (unpaired) electrons. The number of nitrogens with zero attached hydrogens (tertiary/aromatic N) is 1. The Kier molecular flexibility index (Phi) is 33.8. The van der Waals surface area contributed by atoms with E-state index in [1.54, 1.807) is 97.9 Å². The number of hydrogen-bond acceptors (Lipinski definition) is 11. The van der Waals surface area contributed by atoms with Crippen LogP contribution in [0.3, 0.4) is 0 Å². The molecule has 6 rings (SSSR count). The Labute approximate surface area is 484 Å². The molecule has 0 saturated heterocycles. The zero-order chi connectivity index (χ0) is 59.7. The summed E-state index contributed by atoms with van der Waals surface area (Å²) in [5.41, 5.74) is 3.29. The first-order valence-electron chi connectivity index (χ1n) is 25.6. The first-order valence-corrected chi connectivity index (χ1v) is 33.3. The van der Waals surface area contributed by atoms with Crippen molar-refractivity contribution < 1.29 is 53.5 Å². The van der Waals surface area contributed by atoms with Crippen LogP contribution in [0.15, 0.2) is 165 Å². The van der Waals surface area contributed by atoms with Crippen molar-refractivity contribution in [2.75, 3.05) is 23.0 Å². The van der Waals surface area contributed by atoms with Crippen LogP contribution in [0.5, 0.6) is 0 Å². The molecule has 0 aliphatic rings. The molecule has 6 aromatic carbocycles. The van der Waals surface area contributed by atoms with Crippen LogP contribution >= 0.6 is 34.8 Å². The summed E-state index contributed by atoms with van der Waals surface area (Å²) in [5.74, 6) is -1.11. The van der Waals surface area contributed by atoms with Crippen LogP contribution < -0.4 is 0 Å². The number of carboxylic acid groups (broad SMARTS) is 2. The van der Waals surface area contributed by atoms with Crippen LogP contribution in [-0.4, -0.2) is 78.8 Å². The van der Waals surface area contributed by atoms with Crippen LogP contribution in [0.2, 0.25) is 15.1 Å². The molecule has 0 spiro atoms. The van der Waals surface area contributed by atoms with Gasteiger partial charge < -0.3 is 10.2 Å². The standard InChI is InChI=1S/2C11H14O2.C10H11NO2S.3C9H11ClO2S/c1-2-3-5-9-6-4-7-10(8-9)11(12)13;1-2-3-4-9-5-7-10(8-6-9)11(12)13;1-2-7-14(12,13)10-6-4-3-5-9(10)8-11;1-2-7-13(11,12)9-5-3-8(10)4-6-9;1-2-7-13(11,12)9-6-4-3-5-8(9)10;1-2-6-13(11,12)9-5-3-4-8(10)7-9/h4,6-8H,2-3,5H2,1H3,(H,12,13);5-8H,2-4H2,1H3,(H,12,13);3-6H,2,7H2,1H3;2*3-6H,2,7H2,1H3;3-5,7H,2,6H2,1H3. The van der Waals surface area contributed by atoms with Crippen molar-refractivity contribution in [1.82, 2.24) is 0 Å². The third-order valence-corrected chi connectivity index (χ3v) is 19.5. The molecule has 6 aromatic rings.